The third kappa shape index (κ3) is 2.16. The number of hydrogen-bond donors (Lipinski definition) is 2. The molecule has 9 heteroatoms. The highest BCUT2D eigenvalue weighted by Gasteiger charge is 2.40. The fourth-order valence-electron chi connectivity index (χ4n) is 2.29. The van der Waals surface area contributed by atoms with E-state index in [0.717, 1.165) is 13.1 Å². The lowest BCUT2D eigenvalue weighted by atomic mass is 10.2. The molecule has 2 fully saturated rings. The Kier molecular flexibility index (Phi) is 3.38. The number of rotatable bonds is 3. The Hall–Kier alpha value is -1.61. The maximum Gasteiger partial charge on any atom is 0.327 e. The lowest BCUT2D eigenvalue weighted by Gasteiger charge is -2.26. The van der Waals surface area contributed by atoms with Gasteiger partial charge >= 0.3 is 5.97 Å². The number of nitrogens with zero attached hydrogens (tertiary/aromatic N) is 4. The van der Waals surface area contributed by atoms with Gasteiger partial charge in [0, 0.05) is 18.8 Å². The van der Waals surface area contributed by atoms with Gasteiger partial charge in [-0.1, -0.05) is 5.21 Å². The van der Waals surface area contributed by atoms with E-state index in [1.165, 1.54) is 16.7 Å². The van der Waals surface area contributed by atoms with Gasteiger partial charge in [0.1, 0.15) is 6.04 Å². The molecule has 2 aliphatic rings. The van der Waals surface area contributed by atoms with E-state index in [2.05, 4.69) is 15.6 Å². The Balaban J connectivity index is 1.80. The van der Waals surface area contributed by atoms with Gasteiger partial charge in [-0.2, -0.15) is 0 Å². The molecule has 0 aromatic carbocycles. The van der Waals surface area contributed by atoms with Crippen molar-refractivity contribution in [1.82, 2.24) is 25.2 Å². The fourth-order valence-corrected chi connectivity index (χ4v) is 3.45. The Morgan fingerprint density at radius 2 is 2.25 bits per heavy atom. The smallest absolute Gasteiger partial charge is 0.327 e. The summed E-state index contributed by atoms with van der Waals surface area (Å²) in [6.07, 6.45) is 1.60. The van der Waals surface area contributed by atoms with E-state index in [0.29, 0.717) is 5.75 Å². The first-order valence-electron chi connectivity index (χ1n) is 6.37. The van der Waals surface area contributed by atoms with Gasteiger partial charge < -0.3 is 15.3 Å². The summed E-state index contributed by atoms with van der Waals surface area (Å²) in [6.45, 7) is 3.45. The highest BCUT2D eigenvalue weighted by molar-refractivity contribution is 8.00. The Morgan fingerprint density at radius 3 is 2.85 bits per heavy atom. The molecular formula is C11H15N5O3S. The summed E-state index contributed by atoms with van der Waals surface area (Å²) in [4.78, 5) is 25.0. The van der Waals surface area contributed by atoms with Crippen molar-refractivity contribution in [2.45, 2.75) is 24.4 Å². The van der Waals surface area contributed by atoms with E-state index < -0.39 is 12.0 Å². The molecule has 2 N–H and O–H groups in total. The Morgan fingerprint density at radius 1 is 1.50 bits per heavy atom. The predicted molar refractivity (Wildman–Crippen MR) is 71.4 cm³/mol. The first-order chi connectivity index (χ1) is 9.58. The normalized spacial score (nSPS) is 26.6. The van der Waals surface area contributed by atoms with Crippen molar-refractivity contribution in [3.63, 3.8) is 0 Å². The number of thioether (sulfide) groups is 1. The van der Waals surface area contributed by atoms with Crippen LogP contribution in [-0.2, 0) is 4.79 Å². The molecule has 0 bridgehead atoms. The molecule has 3 rings (SSSR count). The minimum atomic E-state index is -0.981. The molecule has 108 valence electrons. The van der Waals surface area contributed by atoms with Crippen LogP contribution in [0.1, 0.15) is 23.5 Å². The second-order valence-electron chi connectivity index (χ2n) is 4.89. The summed E-state index contributed by atoms with van der Waals surface area (Å²) in [7, 11) is 0. The largest absolute Gasteiger partial charge is 0.480 e. The second kappa shape index (κ2) is 5.06. The fraction of sp³-hybridized carbons (Fsp3) is 0.636. The van der Waals surface area contributed by atoms with Crippen LogP contribution in [0.25, 0.3) is 0 Å². The molecule has 2 unspecified atom stereocenters. The Bertz CT molecular complexity index is 544. The number of carboxylic acids is 1. The third-order valence-electron chi connectivity index (χ3n) is 3.61. The van der Waals surface area contributed by atoms with Crippen molar-refractivity contribution in [3.05, 3.63) is 11.9 Å². The number of nitrogens with one attached hydrogen (secondary N) is 1. The van der Waals surface area contributed by atoms with Crippen LogP contribution in [0.5, 0.6) is 0 Å². The zero-order chi connectivity index (χ0) is 14.3. The van der Waals surface area contributed by atoms with E-state index in [-0.39, 0.29) is 23.0 Å². The lowest BCUT2D eigenvalue weighted by molar-refractivity contribution is -0.141. The molecule has 0 aliphatic carbocycles. The Labute approximate surface area is 119 Å². The highest BCUT2D eigenvalue weighted by Crippen LogP contribution is 2.30. The summed E-state index contributed by atoms with van der Waals surface area (Å²) >= 11 is 1.45. The first-order valence-corrected chi connectivity index (χ1v) is 7.42. The van der Waals surface area contributed by atoms with Crippen LogP contribution in [-0.4, -0.2) is 67.1 Å². The predicted octanol–water partition coefficient (Wildman–Crippen LogP) is -0.589. The van der Waals surface area contributed by atoms with Gasteiger partial charge in [-0.15, -0.1) is 16.9 Å². The number of carboxylic acid groups (broad SMARTS) is 1. The monoisotopic (exact) mass is 297 g/mol. The molecule has 2 saturated heterocycles. The molecule has 8 nitrogen and oxygen atoms in total. The third-order valence-corrected chi connectivity index (χ3v) is 4.82. The summed E-state index contributed by atoms with van der Waals surface area (Å²) in [6, 6.07) is -0.567. The molecule has 3 heterocycles. The number of aromatic nitrogens is 3. The molecule has 2 aliphatic heterocycles. The van der Waals surface area contributed by atoms with Crippen molar-refractivity contribution >= 4 is 23.6 Å². The van der Waals surface area contributed by atoms with E-state index in [1.54, 1.807) is 10.9 Å². The number of carbonyl (C=O) groups excluding carboxylic acids is 1. The summed E-state index contributed by atoms with van der Waals surface area (Å²) in [5, 5.41) is 20.0. The van der Waals surface area contributed by atoms with Crippen LogP contribution in [0.4, 0.5) is 0 Å². The van der Waals surface area contributed by atoms with E-state index in [4.69, 9.17) is 0 Å². The van der Waals surface area contributed by atoms with Gasteiger partial charge in [0.2, 0.25) is 0 Å². The minimum Gasteiger partial charge on any atom is -0.480 e. The SMILES string of the molecule is CC1SCC(C(=O)O)N1C(=O)c1cn(C2CNC2)nn1. The molecule has 0 spiro atoms. The number of hydrogen-bond acceptors (Lipinski definition) is 6. The molecular weight excluding hydrogens is 282 g/mol. The molecule has 1 aromatic heterocycles. The van der Waals surface area contributed by atoms with Crippen LogP contribution in [0, 0.1) is 0 Å². The van der Waals surface area contributed by atoms with Crippen molar-refractivity contribution < 1.29 is 14.7 Å². The lowest BCUT2D eigenvalue weighted by Crippen LogP contribution is -2.45. The average molecular weight is 297 g/mol. The molecule has 20 heavy (non-hydrogen) atoms. The van der Waals surface area contributed by atoms with Gasteiger partial charge in [-0.25, -0.2) is 9.48 Å². The molecule has 2 atom stereocenters. The van der Waals surface area contributed by atoms with Crippen molar-refractivity contribution in [3.8, 4) is 0 Å². The van der Waals surface area contributed by atoms with Gasteiger partial charge in [-0.3, -0.25) is 4.79 Å². The molecule has 1 amide bonds. The summed E-state index contributed by atoms with van der Waals surface area (Å²) in [5.41, 5.74) is 0.206. The highest BCUT2D eigenvalue weighted by atomic mass is 32.2. The van der Waals surface area contributed by atoms with Gasteiger partial charge in [0.05, 0.1) is 17.6 Å². The quantitative estimate of drug-likeness (QED) is 0.769. The number of amides is 1. The topological polar surface area (TPSA) is 100 Å². The van der Waals surface area contributed by atoms with Gasteiger partial charge in [0.15, 0.2) is 5.69 Å². The molecule has 0 saturated carbocycles. The zero-order valence-corrected chi connectivity index (χ0v) is 11.7. The maximum atomic E-state index is 12.4. The van der Waals surface area contributed by atoms with Crippen molar-refractivity contribution in [2.24, 2.45) is 0 Å². The van der Waals surface area contributed by atoms with Crippen LogP contribution in [0.15, 0.2) is 6.20 Å². The van der Waals surface area contributed by atoms with E-state index >= 15 is 0 Å². The van der Waals surface area contributed by atoms with Crippen LogP contribution in [0.3, 0.4) is 0 Å². The first kappa shape index (κ1) is 13.4. The van der Waals surface area contributed by atoms with E-state index in [1.807, 2.05) is 6.92 Å². The van der Waals surface area contributed by atoms with Gasteiger partial charge in [0.25, 0.3) is 5.91 Å². The number of aliphatic carboxylic acids is 1. The zero-order valence-electron chi connectivity index (χ0n) is 10.9. The second-order valence-corrected chi connectivity index (χ2v) is 6.24. The minimum absolute atomic E-state index is 0.167. The molecule has 1 aromatic rings. The average Bonchev–Trinajstić information content (AvgIpc) is 2.93. The molecule has 0 radical (unpaired) electrons. The van der Waals surface area contributed by atoms with Crippen LogP contribution >= 0.6 is 11.8 Å². The standard InChI is InChI=1S/C11H15N5O3S/c1-6-16(9(5-20-6)11(18)19)10(17)8-4-15(14-13-8)7-2-12-3-7/h4,6-7,9,12H,2-3,5H2,1H3,(H,18,19). The van der Waals surface area contributed by atoms with Crippen LogP contribution in [0.2, 0.25) is 0 Å². The van der Waals surface area contributed by atoms with Gasteiger partial charge in [-0.05, 0) is 6.92 Å². The van der Waals surface area contributed by atoms with Crippen molar-refractivity contribution in [1.29, 1.82) is 0 Å². The number of carbonyl (C=O) groups is 2. The van der Waals surface area contributed by atoms with Crippen molar-refractivity contribution in [2.75, 3.05) is 18.8 Å². The maximum absolute atomic E-state index is 12.4. The summed E-state index contributed by atoms with van der Waals surface area (Å²) in [5.74, 6) is -0.942. The van der Waals surface area contributed by atoms with Crippen LogP contribution < -0.4 is 5.32 Å². The van der Waals surface area contributed by atoms with E-state index in [9.17, 15) is 14.7 Å². The summed E-state index contributed by atoms with van der Waals surface area (Å²) < 4.78 is 1.66.